The van der Waals surface area contributed by atoms with Crippen LogP contribution in [0.5, 0.6) is 0 Å². The Bertz CT molecular complexity index is 1100. The van der Waals surface area contributed by atoms with Crippen LogP contribution in [0.25, 0.3) is 26.1 Å². The molecule has 0 saturated heterocycles. The van der Waals surface area contributed by atoms with Crippen LogP contribution in [0.1, 0.15) is 27.7 Å². The number of aromatic nitrogens is 3. The van der Waals surface area contributed by atoms with Gasteiger partial charge in [-0.25, -0.2) is 9.97 Å². The molecule has 0 aliphatic heterocycles. The molecule has 3 aromatic rings. The van der Waals surface area contributed by atoms with Crippen molar-refractivity contribution in [3.63, 3.8) is 0 Å². The highest BCUT2D eigenvalue weighted by Gasteiger charge is 2.15. The van der Waals surface area contributed by atoms with Gasteiger partial charge in [0, 0.05) is 24.1 Å². The lowest BCUT2D eigenvalue weighted by molar-refractivity contribution is 0.983. The van der Waals surface area contributed by atoms with Gasteiger partial charge in [0.2, 0.25) is 0 Å². The lowest BCUT2D eigenvalue weighted by atomic mass is 10.2. The van der Waals surface area contributed by atoms with Crippen molar-refractivity contribution in [2.24, 2.45) is 0 Å². The third-order valence-corrected chi connectivity index (χ3v) is 5.12. The van der Waals surface area contributed by atoms with Gasteiger partial charge in [0.15, 0.2) is 0 Å². The van der Waals surface area contributed by atoms with Crippen LogP contribution >= 0.6 is 11.3 Å². The molecule has 134 valence electrons. The molecular formula is C20H22N4OS. The zero-order chi connectivity index (χ0) is 18.7. The van der Waals surface area contributed by atoms with E-state index in [0.717, 1.165) is 33.7 Å². The van der Waals surface area contributed by atoms with E-state index in [9.17, 15) is 4.79 Å². The highest BCUT2D eigenvalue weighted by Crippen LogP contribution is 2.34. The summed E-state index contributed by atoms with van der Waals surface area (Å²) in [5.41, 5.74) is 3.56. The van der Waals surface area contributed by atoms with Gasteiger partial charge in [-0.15, -0.1) is 11.3 Å². The average Bonchev–Trinajstić information content (AvgIpc) is 3.01. The van der Waals surface area contributed by atoms with Crippen molar-refractivity contribution in [2.45, 2.75) is 27.7 Å². The fourth-order valence-corrected chi connectivity index (χ4v) is 3.85. The van der Waals surface area contributed by atoms with E-state index >= 15 is 0 Å². The van der Waals surface area contributed by atoms with Gasteiger partial charge in [-0.1, -0.05) is 23.8 Å². The minimum atomic E-state index is -0.0636. The standard InChI is InChI=1S/C20H22N4OS/c1-5-7-13(3)8-9-14(4)24-12-23-17-16-15(21-6-2)10-11-22-19(16)26-18(17)20(24)25/h5,7-12H,6H2,1-4H3,(H,21,22)/b7-5-,13-8-,14-9+. The summed E-state index contributed by atoms with van der Waals surface area (Å²) in [7, 11) is 0. The Balaban J connectivity index is 2.17. The van der Waals surface area contributed by atoms with Gasteiger partial charge in [-0.2, -0.15) is 0 Å². The number of rotatable bonds is 5. The van der Waals surface area contributed by atoms with Crippen LogP contribution in [0, 0.1) is 0 Å². The quantitative estimate of drug-likeness (QED) is 0.658. The van der Waals surface area contributed by atoms with Gasteiger partial charge in [-0.05, 0) is 39.8 Å². The first kappa shape index (κ1) is 18.1. The van der Waals surface area contributed by atoms with Crippen molar-refractivity contribution < 1.29 is 0 Å². The molecule has 5 nitrogen and oxygen atoms in total. The summed E-state index contributed by atoms with van der Waals surface area (Å²) in [5, 5.41) is 4.24. The smallest absolute Gasteiger partial charge is 0.275 e. The fraction of sp³-hybridized carbons (Fsp3) is 0.250. The van der Waals surface area contributed by atoms with Gasteiger partial charge in [0.1, 0.15) is 15.9 Å². The summed E-state index contributed by atoms with van der Waals surface area (Å²) >= 11 is 1.39. The maximum atomic E-state index is 13.0. The van der Waals surface area contributed by atoms with Crippen molar-refractivity contribution in [1.82, 2.24) is 14.5 Å². The molecule has 1 N–H and O–H groups in total. The second-order valence-corrected chi connectivity index (χ2v) is 6.99. The molecule has 0 spiro atoms. The second-order valence-electron chi connectivity index (χ2n) is 5.99. The number of nitrogens with zero attached hydrogens (tertiary/aromatic N) is 3. The Hall–Kier alpha value is -2.73. The SMILES string of the molecule is C\C=C/C(C)=C\C=C(/C)n1cnc2c(sc3nccc(NCC)c32)c1=O. The van der Waals surface area contributed by atoms with Crippen LogP contribution in [0.4, 0.5) is 5.69 Å². The third-order valence-electron chi connectivity index (χ3n) is 4.05. The van der Waals surface area contributed by atoms with Crippen LogP contribution in [-0.2, 0) is 0 Å². The van der Waals surface area contributed by atoms with Crippen molar-refractivity contribution >= 4 is 43.2 Å². The first-order valence-electron chi connectivity index (χ1n) is 8.57. The predicted molar refractivity (Wildman–Crippen MR) is 112 cm³/mol. The van der Waals surface area contributed by atoms with E-state index in [-0.39, 0.29) is 5.56 Å². The molecule has 0 fully saturated rings. The van der Waals surface area contributed by atoms with E-state index in [1.54, 1.807) is 17.1 Å². The number of hydrogen-bond donors (Lipinski definition) is 1. The first-order chi connectivity index (χ1) is 12.6. The minimum absolute atomic E-state index is 0.0636. The van der Waals surface area contributed by atoms with Gasteiger partial charge >= 0.3 is 0 Å². The Kier molecular flexibility index (Phi) is 5.32. The van der Waals surface area contributed by atoms with Crippen molar-refractivity contribution in [3.8, 4) is 0 Å². The molecule has 6 heteroatoms. The predicted octanol–water partition coefficient (Wildman–Crippen LogP) is 4.82. The number of anilines is 1. The molecule has 0 unspecified atom stereocenters. The van der Waals surface area contributed by atoms with Gasteiger partial charge in [-0.3, -0.25) is 9.36 Å². The Morgan fingerprint density at radius 3 is 2.85 bits per heavy atom. The Morgan fingerprint density at radius 1 is 1.31 bits per heavy atom. The van der Waals surface area contributed by atoms with Gasteiger partial charge < -0.3 is 5.32 Å². The molecule has 0 bridgehead atoms. The molecule has 3 aromatic heterocycles. The molecule has 0 saturated carbocycles. The number of allylic oxidation sites excluding steroid dienone is 6. The molecule has 0 aliphatic carbocycles. The summed E-state index contributed by atoms with van der Waals surface area (Å²) in [6.07, 6.45) is 11.3. The summed E-state index contributed by atoms with van der Waals surface area (Å²) in [6.45, 7) is 8.75. The van der Waals surface area contributed by atoms with Crippen LogP contribution < -0.4 is 10.9 Å². The molecule has 3 heterocycles. The van der Waals surface area contributed by atoms with Crippen molar-refractivity contribution in [1.29, 1.82) is 0 Å². The van der Waals surface area contributed by atoms with E-state index in [1.807, 2.05) is 58.1 Å². The van der Waals surface area contributed by atoms with Crippen molar-refractivity contribution in [3.05, 3.63) is 58.8 Å². The monoisotopic (exact) mass is 366 g/mol. The van der Waals surface area contributed by atoms with Crippen molar-refractivity contribution in [2.75, 3.05) is 11.9 Å². The Morgan fingerprint density at radius 2 is 2.12 bits per heavy atom. The van der Waals surface area contributed by atoms with Gasteiger partial charge in [0.25, 0.3) is 5.56 Å². The van der Waals surface area contributed by atoms with Crippen LogP contribution in [0.15, 0.2) is 53.3 Å². The summed E-state index contributed by atoms with van der Waals surface area (Å²) in [4.78, 5) is 22.8. The summed E-state index contributed by atoms with van der Waals surface area (Å²) < 4.78 is 2.21. The van der Waals surface area contributed by atoms with E-state index < -0.39 is 0 Å². The maximum Gasteiger partial charge on any atom is 0.275 e. The number of pyridine rings is 1. The fourth-order valence-electron chi connectivity index (χ4n) is 2.79. The van der Waals surface area contributed by atoms with E-state index in [2.05, 4.69) is 15.3 Å². The number of fused-ring (bicyclic) bond motifs is 3. The molecule has 26 heavy (non-hydrogen) atoms. The average molecular weight is 366 g/mol. The lowest BCUT2D eigenvalue weighted by Gasteiger charge is -2.06. The number of thiophene rings is 1. The maximum absolute atomic E-state index is 13.0. The first-order valence-corrected chi connectivity index (χ1v) is 9.39. The van der Waals surface area contributed by atoms with E-state index in [4.69, 9.17) is 0 Å². The second kappa shape index (κ2) is 7.66. The van der Waals surface area contributed by atoms with Crippen LogP contribution in [-0.4, -0.2) is 21.1 Å². The summed E-state index contributed by atoms with van der Waals surface area (Å²) in [6, 6.07) is 1.92. The topological polar surface area (TPSA) is 59.8 Å². The molecule has 3 rings (SSSR count). The molecular weight excluding hydrogens is 344 g/mol. The molecule has 0 aliphatic rings. The van der Waals surface area contributed by atoms with Crippen LogP contribution in [0.3, 0.4) is 0 Å². The van der Waals surface area contributed by atoms with Gasteiger partial charge in [0.05, 0.1) is 10.9 Å². The third kappa shape index (κ3) is 3.32. The number of nitrogens with one attached hydrogen (secondary N) is 1. The summed E-state index contributed by atoms with van der Waals surface area (Å²) in [5.74, 6) is 0. The largest absolute Gasteiger partial charge is 0.385 e. The zero-order valence-corrected chi connectivity index (χ0v) is 16.2. The highest BCUT2D eigenvalue weighted by atomic mass is 32.1. The normalized spacial score (nSPS) is 13.2. The Labute approximate surface area is 156 Å². The zero-order valence-electron chi connectivity index (χ0n) is 15.4. The molecule has 0 radical (unpaired) electrons. The lowest BCUT2D eigenvalue weighted by Crippen LogP contribution is -2.17. The molecule has 0 aromatic carbocycles. The highest BCUT2D eigenvalue weighted by molar-refractivity contribution is 7.25. The van der Waals surface area contributed by atoms with E-state index in [1.165, 1.54) is 11.3 Å². The minimum Gasteiger partial charge on any atom is -0.385 e. The molecule has 0 atom stereocenters. The van der Waals surface area contributed by atoms with E-state index in [0.29, 0.717) is 10.2 Å². The molecule has 0 amide bonds. The van der Waals surface area contributed by atoms with Crippen LogP contribution in [0.2, 0.25) is 0 Å². The number of hydrogen-bond acceptors (Lipinski definition) is 5.